The summed E-state index contributed by atoms with van der Waals surface area (Å²) in [6.45, 7) is 5.19. The molecule has 2 heterocycles. The van der Waals surface area contributed by atoms with Crippen LogP contribution in [-0.4, -0.2) is 51.5 Å². The number of methoxy groups -OCH3 is 1. The van der Waals surface area contributed by atoms with Gasteiger partial charge in [0.05, 0.1) is 30.9 Å². The molecule has 7 heteroatoms. The first-order valence-electron chi connectivity index (χ1n) is 12.3. The first-order valence-corrected chi connectivity index (χ1v) is 12.3. The maximum atomic E-state index is 12.5. The molecule has 1 aromatic heterocycles. The summed E-state index contributed by atoms with van der Waals surface area (Å²) in [4.78, 5) is 12.5. The number of carbonyl (C=O) groups is 1. The smallest absolute Gasteiger partial charge is 0.311 e. The average Bonchev–Trinajstić information content (AvgIpc) is 3.36. The van der Waals surface area contributed by atoms with E-state index < -0.39 is 5.60 Å². The van der Waals surface area contributed by atoms with Crippen LogP contribution >= 0.6 is 0 Å². The molecule has 0 radical (unpaired) electrons. The molecule has 178 valence electrons. The molecule has 0 amide bonds. The molecule has 2 aromatic rings. The lowest BCUT2D eigenvalue weighted by atomic mass is 9.52. The van der Waals surface area contributed by atoms with Gasteiger partial charge in [-0.05, 0) is 55.4 Å². The van der Waals surface area contributed by atoms with E-state index in [4.69, 9.17) is 9.47 Å². The van der Waals surface area contributed by atoms with Gasteiger partial charge in [-0.2, -0.15) is 0 Å². The van der Waals surface area contributed by atoms with Crippen molar-refractivity contribution < 1.29 is 19.4 Å². The summed E-state index contributed by atoms with van der Waals surface area (Å²) in [7, 11) is 1.63. The summed E-state index contributed by atoms with van der Waals surface area (Å²) in [6, 6.07) is 8.39. The van der Waals surface area contributed by atoms with E-state index >= 15 is 0 Å². The predicted molar refractivity (Wildman–Crippen MR) is 123 cm³/mol. The van der Waals surface area contributed by atoms with Crippen LogP contribution in [0.25, 0.3) is 11.3 Å². The Labute approximate surface area is 195 Å². The lowest BCUT2D eigenvalue weighted by Crippen LogP contribution is -2.57. The zero-order valence-electron chi connectivity index (χ0n) is 19.9. The molecule has 1 N–H and O–H groups in total. The second kappa shape index (κ2) is 8.51. The van der Waals surface area contributed by atoms with E-state index in [1.165, 1.54) is 5.56 Å². The summed E-state index contributed by atoms with van der Waals surface area (Å²) < 4.78 is 12.9. The number of rotatable bonds is 6. The van der Waals surface area contributed by atoms with Gasteiger partial charge >= 0.3 is 5.97 Å². The van der Waals surface area contributed by atoms with Crippen LogP contribution in [0.15, 0.2) is 30.5 Å². The van der Waals surface area contributed by atoms with Gasteiger partial charge in [0.2, 0.25) is 0 Å². The molecule has 0 spiro atoms. The third kappa shape index (κ3) is 3.99. The van der Waals surface area contributed by atoms with Crippen molar-refractivity contribution in [2.75, 3.05) is 13.7 Å². The fraction of sp³-hybridized carbons (Fsp3) is 0.654. The van der Waals surface area contributed by atoms with Crippen LogP contribution < -0.4 is 0 Å². The van der Waals surface area contributed by atoms with E-state index in [0.29, 0.717) is 13.2 Å². The van der Waals surface area contributed by atoms with Crippen LogP contribution in [0, 0.1) is 23.2 Å². The third-order valence-corrected chi connectivity index (χ3v) is 8.57. The summed E-state index contributed by atoms with van der Waals surface area (Å²) in [5.74, 6) is -0.207. The molecule has 2 aliphatic carbocycles. The fourth-order valence-electron chi connectivity index (χ4n) is 6.80. The zero-order chi connectivity index (χ0) is 23.2. The number of hydrogen-bond donors (Lipinski definition) is 1. The number of fused-ring (bicyclic) bond motifs is 2. The van der Waals surface area contributed by atoms with Gasteiger partial charge in [0.1, 0.15) is 11.8 Å². The van der Waals surface area contributed by atoms with Crippen LogP contribution in [0.3, 0.4) is 0 Å². The molecule has 3 aliphatic rings. The van der Waals surface area contributed by atoms with E-state index in [1.54, 1.807) is 11.8 Å². The third-order valence-electron chi connectivity index (χ3n) is 8.57. The Hall–Kier alpha value is -2.25. The van der Waals surface area contributed by atoms with Crippen LogP contribution in [0.4, 0.5) is 0 Å². The van der Waals surface area contributed by atoms with Crippen LogP contribution in [0.2, 0.25) is 0 Å². The number of aromatic nitrogens is 3. The molecule has 33 heavy (non-hydrogen) atoms. The second-order valence-electron chi connectivity index (χ2n) is 10.7. The van der Waals surface area contributed by atoms with Crippen molar-refractivity contribution in [3.63, 3.8) is 0 Å². The monoisotopic (exact) mass is 453 g/mol. The highest BCUT2D eigenvalue weighted by Gasteiger charge is 2.60. The highest BCUT2D eigenvalue weighted by molar-refractivity contribution is 5.75. The minimum absolute atomic E-state index is 0.0597. The number of aryl methyl sites for hydroxylation is 1. The van der Waals surface area contributed by atoms with Gasteiger partial charge in [0.15, 0.2) is 0 Å². The standard InChI is InChI=1S/C26H35N3O4/c1-4-17-6-8-18(9-7-17)21-14-29(28-27-21)16-26(31)11-5-10-25(2)13-22-19(12-23(25)26)20(15-32-3)24(30)33-22/h6-9,14,19-20,22-23,31H,4-5,10-13,15-16H2,1-3H3/t19-,20-,22-,23-,25-,26+/m1/s1. The molecule has 1 aromatic carbocycles. The first-order chi connectivity index (χ1) is 15.8. The average molecular weight is 454 g/mol. The van der Waals surface area contributed by atoms with E-state index in [9.17, 15) is 9.90 Å². The van der Waals surface area contributed by atoms with Crippen molar-refractivity contribution in [3.8, 4) is 11.3 Å². The van der Waals surface area contributed by atoms with Crippen molar-refractivity contribution in [2.24, 2.45) is 23.2 Å². The van der Waals surface area contributed by atoms with Gasteiger partial charge in [0.25, 0.3) is 0 Å². The van der Waals surface area contributed by atoms with Gasteiger partial charge in [-0.15, -0.1) is 5.10 Å². The van der Waals surface area contributed by atoms with Gasteiger partial charge in [-0.1, -0.05) is 43.3 Å². The lowest BCUT2D eigenvalue weighted by Gasteiger charge is -2.55. The van der Waals surface area contributed by atoms with E-state index in [2.05, 4.69) is 48.4 Å². The minimum Gasteiger partial charge on any atom is -0.462 e. The number of esters is 1. The van der Waals surface area contributed by atoms with Gasteiger partial charge in [0, 0.05) is 18.6 Å². The Bertz CT molecular complexity index is 1010. The molecule has 3 fully saturated rings. The summed E-state index contributed by atoms with van der Waals surface area (Å²) in [5.41, 5.74) is 2.19. The Morgan fingerprint density at radius 3 is 2.79 bits per heavy atom. The van der Waals surface area contributed by atoms with Gasteiger partial charge in [-0.25, -0.2) is 4.68 Å². The Kier molecular flexibility index (Phi) is 5.81. The maximum Gasteiger partial charge on any atom is 0.311 e. The number of hydrogen-bond acceptors (Lipinski definition) is 6. The summed E-state index contributed by atoms with van der Waals surface area (Å²) >= 11 is 0. The molecule has 0 unspecified atom stereocenters. The van der Waals surface area contributed by atoms with Crippen LogP contribution in [0.5, 0.6) is 0 Å². The van der Waals surface area contributed by atoms with Crippen LogP contribution in [-0.2, 0) is 27.2 Å². The Morgan fingerprint density at radius 2 is 2.06 bits per heavy atom. The molecule has 5 rings (SSSR count). The SMILES string of the molecule is CCc1ccc(-c2cn(C[C@@]3(O)CCC[C@]4(C)C[C@H]5OC(=O)[C@H](COC)[C@H]5C[C@H]43)nn2)cc1. The van der Waals surface area contributed by atoms with Gasteiger partial charge in [-0.3, -0.25) is 4.79 Å². The van der Waals surface area contributed by atoms with Crippen molar-refractivity contribution >= 4 is 5.97 Å². The largest absolute Gasteiger partial charge is 0.462 e. The maximum absolute atomic E-state index is 12.5. The molecular weight excluding hydrogens is 418 g/mol. The number of nitrogens with zero attached hydrogens (tertiary/aromatic N) is 3. The number of aliphatic hydroxyl groups is 1. The molecular formula is C26H35N3O4. The molecule has 0 bridgehead atoms. The quantitative estimate of drug-likeness (QED) is 0.672. The number of carbonyl (C=O) groups excluding carboxylic acids is 1. The van der Waals surface area contributed by atoms with Crippen molar-refractivity contribution in [2.45, 2.75) is 70.6 Å². The first kappa shape index (κ1) is 22.5. The molecule has 1 saturated heterocycles. The lowest BCUT2D eigenvalue weighted by molar-refractivity contribution is -0.165. The van der Waals surface area contributed by atoms with Crippen LogP contribution in [0.1, 0.15) is 51.5 Å². The zero-order valence-corrected chi connectivity index (χ0v) is 19.9. The number of ether oxygens (including phenoxy) is 2. The molecule has 6 atom stereocenters. The van der Waals surface area contributed by atoms with Crippen molar-refractivity contribution in [1.82, 2.24) is 15.0 Å². The Balaban J connectivity index is 1.38. The van der Waals surface area contributed by atoms with Crippen molar-refractivity contribution in [1.29, 1.82) is 0 Å². The van der Waals surface area contributed by atoms with E-state index in [0.717, 1.165) is 49.8 Å². The summed E-state index contributed by atoms with van der Waals surface area (Å²) in [6.07, 6.45) is 7.19. The fourth-order valence-corrected chi connectivity index (χ4v) is 6.80. The highest BCUT2D eigenvalue weighted by atomic mass is 16.6. The minimum atomic E-state index is -0.891. The van der Waals surface area contributed by atoms with E-state index in [1.807, 2.05) is 6.20 Å². The molecule has 1 aliphatic heterocycles. The topological polar surface area (TPSA) is 86.5 Å². The highest BCUT2D eigenvalue weighted by Crippen LogP contribution is 2.58. The van der Waals surface area contributed by atoms with Gasteiger partial charge < -0.3 is 14.6 Å². The Morgan fingerprint density at radius 1 is 1.27 bits per heavy atom. The second-order valence-corrected chi connectivity index (χ2v) is 10.7. The summed E-state index contributed by atoms with van der Waals surface area (Å²) in [5, 5.41) is 20.7. The number of benzene rings is 1. The molecule has 2 saturated carbocycles. The van der Waals surface area contributed by atoms with Crippen molar-refractivity contribution in [3.05, 3.63) is 36.0 Å². The predicted octanol–water partition coefficient (Wildman–Crippen LogP) is 3.64. The molecule has 7 nitrogen and oxygen atoms in total. The normalized spacial score (nSPS) is 35.7. The van der Waals surface area contributed by atoms with E-state index in [-0.39, 0.29) is 35.2 Å².